The zero-order chi connectivity index (χ0) is 39.2. The van der Waals surface area contributed by atoms with E-state index in [0.29, 0.717) is 17.5 Å². The van der Waals surface area contributed by atoms with Crippen molar-refractivity contribution in [3.8, 4) is 62.1 Å². The molecular formula is C54H36N4S. The largest absolute Gasteiger partial charge is 0.309 e. The molecule has 1 aliphatic rings. The van der Waals surface area contributed by atoms with E-state index in [1.54, 1.807) is 11.3 Å². The monoisotopic (exact) mass is 772 g/mol. The molecular weight excluding hydrogens is 737 g/mol. The van der Waals surface area contributed by atoms with Crippen molar-refractivity contribution in [3.05, 3.63) is 193 Å². The molecule has 1 aliphatic carbocycles. The lowest BCUT2D eigenvalue weighted by Gasteiger charge is -2.22. The number of hydrogen-bond donors (Lipinski definition) is 0. The topological polar surface area (TPSA) is 43.6 Å². The van der Waals surface area contributed by atoms with Crippen LogP contribution < -0.4 is 0 Å². The van der Waals surface area contributed by atoms with Gasteiger partial charge in [0.1, 0.15) is 0 Å². The fourth-order valence-electron chi connectivity index (χ4n) is 9.41. The Hall–Kier alpha value is -7.21. The first kappa shape index (κ1) is 33.9. The highest BCUT2D eigenvalue weighted by molar-refractivity contribution is 7.26. The van der Waals surface area contributed by atoms with Gasteiger partial charge in [-0.3, -0.25) is 0 Å². The maximum atomic E-state index is 5.33. The van der Waals surface area contributed by atoms with Crippen molar-refractivity contribution in [1.29, 1.82) is 0 Å². The third-order valence-electron chi connectivity index (χ3n) is 12.3. The highest BCUT2D eigenvalue weighted by Crippen LogP contribution is 2.51. The van der Waals surface area contributed by atoms with E-state index in [2.05, 4.69) is 182 Å². The van der Waals surface area contributed by atoms with Gasteiger partial charge < -0.3 is 4.57 Å². The Balaban J connectivity index is 1.13. The first-order valence-corrected chi connectivity index (χ1v) is 20.9. The SMILES string of the molecule is CC1(C)c2ccccc2-c2cc3c4ccccc4n(-c4cc(-c5nc(-c6ccccc6)nc(-c6cccc7c6sc6ccccc67)n5)ccc4-c4ccccc4)c3cc21. The van der Waals surface area contributed by atoms with E-state index < -0.39 is 0 Å². The van der Waals surface area contributed by atoms with E-state index in [1.807, 2.05) is 18.2 Å². The number of benzene rings is 8. The Bertz CT molecular complexity index is 3470. The standard InChI is InChI=1S/C54H36N4S/c1-54(2)44-25-12-9-20-37(44)42-31-43-38-21-10-13-26-46(38)58(48(43)32-45(42)54)47-30-35(28-29-36(47)33-16-5-3-6-17-33)52-55-51(34-18-7-4-8-19-34)56-53(57-52)41-24-15-23-40-39-22-11-14-27-49(39)59-50(40)41/h3-32H,1-2H3. The summed E-state index contributed by atoms with van der Waals surface area (Å²) in [4.78, 5) is 15.7. The van der Waals surface area contributed by atoms with Gasteiger partial charge in [0.05, 0.1) is 16.7 Å². The predicted octanol–water partition coefficient (Wildman–Crippen LogP) is 14.3. The Morgan fingerprint density at radius 2 is 1.05 bits per heavy atom. The molecule has 12 rings (SSSR count). The minimum absolute atomic E-state index is 0.141. The third kappa shape index (κ3) is 5.18. The van der Waals surface area contributed by atoms with Gasteiger partial charge in [-0.2, -0.15) is 0 Å². The second kappa shape index (κ2) is 12.9. The highest BCUT2D eigenvalue weighted by atomic mass is 32.1. The van der Waals surface area contributed by atoms with E-state index in [4.69, 9.17) is 15.0 Å². The molecule has 3 aromatic heterocycles. The molecule has 0 unspecified atom stereocenters. The Kier molecular flexibility index (Phi) is 7.41. The van der Waals surface area contributed by atoms with Gasteiger partial charge in [0.2, 0.25) is 0 Å². The van der Waals surface area contributed by atoms with E-state index in [-0.39, 0.29) is 5.41 Å². The molecule has 0 radical (unpaired) electrons. The molecule has 0 fully saturated rings. The summed E-state index contributed by atoms with van der Waals surface area (Å²) in [5.41, 5.74) is 13.8. The Morgan fingerprint density at radius 1 is 0.407 bits per heavy atom. The highest BCUT2D eigenvalue weighted by Gasteiger charge is 2.36. The van der Waals surface area contributed by atoms with E-state index in [9.17, 15) is 0 Å². The molecule has 59 heavy (non-hydrogen) atoms. The average Bonchev–Trinajstić information content (AvgIpc) is 3.91. The van der Waals surface area contributed by atoms with Gasteiger partial charge in [-0.15, -0.1) is 11.3 Å². The molecule has 0 saturated carbocycles. The number of thiophene rings is 1. The third-order valence-corrected chi connectivity index (χ3v) is 13.5. The van der Waals surface area contributed by atoms with Crippen LogP contribution in [0.25, 0.3) is 104 Å². The Labute approximate surface area is 345 Å². The number of para-hydroxylation sites is 1. The lowest BCUT2D eigenvalue weighted by atomic mass is 9.82. The van der Waals surface area contributed by atoms with Crippen LogP contribution in [-0.4, -0.2) is 19.5 Å². The first-order valence-electron chi connectivity index (χ1n) is 20.1. The molecule has 8 aromatic carbocycles. The molecule has 0 aliphatic heterocycles. The van der Waals surface area contributed by atoms with Crippen molar-refractivity contribution < 1.29 is 0 Å². The molecule has 11 aromatic rings. The van der Waals surface area contributed by atoms with Crippen LogP contribution in [0.15, 0.2) is 182 Å². The van der Waals surface area contributed by atoms with Crippen LogP contribution in [0.4, 0.5) is 0 Å². The fourth-order valence-corrected chi connectivity index (χ4v) is 10.6. The predicted molar refractivity (Wildman–Crippen MR) is 246 cm³/mol. The second-order valence-electron chi connectivity index (χ2n) is 16.0. The lowest BCUT2D eigenvalue weighted by molar-refractivity contribution is 0.661. The summed E-state index contributed by atoms with van der Waals surface area (Å²) in [7, 11) is 0. The van der Waals surface area contributed by atoms with E-state index in [0.717, 1.165) is 39.0 Å². The number of rotatable bonds is 5. The lowest BCUT2D eigenvalue weighted by Crippen LogP contribution is -2.15. The van der Waals surface area contributed by atoms with Crippen LogP contribution in [0.2, 0.25) is 0 Å². The van der Waals surface area contributed by atoms with E-state index in [1.165, 1.54) is 58.7 Å². The summed E-state index contributed by atoms with van der Waals surface area (Å²) < 4.78 is 4.89. The van der Waals surface area contributed by atoms with Crippen LogP contribution in [0.5, 0.6) is 0 Å². The molecule has 3 heterocycles. The van der Waals surface area contributed by atoms with Crippen LogP contribution in [0, 0.1) is 0 Å². The van der Waals surface area contributed by atoms with E-state index >= 15 is 0 Å². The van der Waals surface area contributed by atoms with Gasteiger partial charge in [-0.1, -0.05) is 159 Å². The summed E-state index contributed by atoms with van der Waals surface area (Å²) in [6, 6.07) is 65.3. The molecule has 0 N–H and O–H groups in total. The smallest absolute Gasteiger partial charge is 0.165 e. The summed E-state index contributed by atoms with van der Waals surface area (Å²) in [6.45, 7) is 4.71. The van der Waals surface area contributed by atoms with Crippen molar-refractivity contribution in [2.45, 2.75) is 19.3 Å². The molecule has 0 saturated heterocycles. The summed E-state index contributed by atoms with van der Waals surface area (Å²) >= 11 is 1.79. The zero-order valence-electron chi connectivity index (χ0n) is 32.5. The average molecular weight is 773 g/mol. The van der Waals surface area contributed by atoms with Crippen molar-refractivity contribution >= 4 is 53.3 Å². The van der Waals surface area contributed by atoms with Gasteiger partial charge in [-0.25, -0.2) is 15.0 Å². The molecule has 278 valence electrons. The van der Waals surface area contributed by atoms with Crippen LogP contribution in [0.1, 0.15) is 25.0 Å². The Morgan fingerprint density at radius 3 is 1.88 bits per heavy atom. The summed E-state index contributed by atoms with van der Waals surface area (Å²) in [6.07, 6.45) is 0. The minimum Gasteiger partial charge on any atom is -0.309 e. The zero-order valence-corrected chi connectivity index (χ0v) is 33.3. The number of aromatic nitrogens is 4. The van der Waals surface area contributed by atoms with Crippen LogP contribution in [0.3, 0.4) is 0 Å². The number of hydrogen-bond acceptors (Lipinski definition) is 4. The van der Waals surface area contributed by atoms with Gasteiger partial charge in [0.25, 0.3) is 0 Å². The summed E-state index contributed by atoms with van der Waals surface area (Å²) in [5, 5.41) is 4.92. The van der Waals surface area contributed by atoms with Crippen molar-refractivity contribution in [1.82, 2.24) is 19.5 Å². The molecule has 0 spiro atoms. The molecule has 5 heteroatoms. The molecule has 0 amide bonds. The van der Waals surface area contributed by atoms with Crippen LogP contribution >= 0.6 is 11.3 Å². The maximum Gasteiger partial charge on any atom is 0.165 e. The van der Waals surface area contributed by atoms with Crippen molar-refractivity contribution in [3.63, 3.8) is 0 Å². The minimum atomic E-state index is -0.141. The molecule has 0 bridgehead atoms. The van der Waals surface area contributed by atoms with Crippen molar-refractivity contribution in [2.75, 3.05) is 0 Å². The second-order valence-corrected chi connectivity index (χ2v) is 17.0. The maximum absolute atomic E-state index is 5.33. The number of fused-ring (bicyclic) bond motifs is 9. The first-order chi connectivity index (χ1) is 29.0. The van der Waals surface area contributed by atoms with Gasteiger partial charge in [-0.05, 0) is 64.2 Å². The fraction of sp³-hybridized carbons (Fsp3) is 0.0556. The normalized spacial score (nSPS) is 13.1. The van der Waals surface area contributed by atoms with Gasteiger partial charge in [0.15, 0.2) is 17.5 Å². The molecule has 0 atom stereocenters. The summed E-state index contributed by atoms with van der Waals surface area (Å²) in [5.74, 6) is 1.94. The molecule has 4 nitrogen and oxygen atoms in total. The van der Waals surface area contributed by atoms with Gasteiger partial charge >= 0.3 is 0 Å². The van der Waals surface area contributed by atoms with Crippen molar-refractivity contribution in [2.24, 2.45) is 0 Å². The van der Waals surface area contributed by atoms with Crippen LogP contribution in [-0.2, 0) is 5.41 Å². The quantitative estimate of drug-likeness (QED) is 0.175. The van der Waals surface area contributed by atoms with Gasteiger partial charge in [0, 0.05) is 58.6 Å². The number of nitrogens with zero attached hydrogens (tertiary/aromatic N) is 4.